The lowest BCUT2D eigenvalue weighted by Crippen LogP contribution is -2.30. The average molecular weight is 256 g/mol. The molecule has 1 aromatic heterocycles. The van der Waals surface area contributed by atoms with Gasteiger partial charge in [-0.25, -0.2) is 4.98 Å². The molecule has 0 spiro atoms. The van der Waals surface area contributed by atoms with Gasteiger partial charge < -0.3 is 10.2 Å². The maximum atomic E-state index is 4.60. The third-order valence-electron chi connectivity index (χ3n) is 3.62. The van der Waals surface area contributed by atoms with Gasteiger partial charge in [-0.1, -0.05) is 12.1 Å². The highest BCUT2D eigenvalue weighted by Gasteiger charge is 2.25. The molecular weight excluding hydrogens is 236 g/mol. The number of nitrogens with one attached hydrogen (secondary N) is 1. The Kier molecular flexibility index (Phi) is 3.71. The van der Waals surface area contributed by atoms with Crippen LogP contribution in [0.2, 0.25) is 0 Å². The molecule has 2 aromatic rings. The zero-order valence-corrected chi connectivity index (χ0v) is 11.3. The van der Waals surface area contributed by atoms with E-state index in [2.05, 4.69) is 27.2 Å². The molecule has 4 nitrogen and oxygen atoms in total. The summed E-state index contributed by atoms with van der Waals surface area (Å²) in [4.78, 5) is 11.5. The summed E-state index contributed by atoms with van der Waals surface area (Å²) in [6, 6.07) is 8.82. The fourth-order valence-electron chi connectivity index (χ4n) is 2.25. The van der Waals surface area contributed by atoms with E-state index in [1.54, 1.807) is 0 Å². The monoisotopic (exact) mass is 256 g/mol. The molecule has 0 unspecified atom stereocenters. The second-order valence-electron chi connectivity index (χ2n) is 5.24. The number of aromatic nitrogens is 2. The van der Waals surface area contributed by atoms with Crippen molar-refractivity contribution in [3.63, 3.8) is 0 Å². The molecule has 0 atom stereocenters. The third kappa shape index (κ3) is 3.28. The molecule has 19 heavy (non-hydrogen) atoms. The molecule has 4 heteroatoms. The van der Waals surface area contributed by atoms with Crippen molar-refractivity contribution in [1.82, 2.24) is 20.2 Å². The van der Waals surface area contributed by atoms with Crippen LogP contribution in [0.1, 0.15) is 18.5 Å². The van der Waals surface area contributed by atoms with Crippen LogP contribution in [0.15, 0.2) is 30.5 Å². The summed E-state index contributed by atoms with van der Waals surface area (Å²) < 4.78 is 0. The second kappa shape index (κ2) is 5.63. The first-order valence-electron chi connectivity index (χ1n) is 6.94. The number of hydrogen-bond acceptors (Lipinski definition) is 4. The molecule has 0 bridgehead atoms. The highest BCUT2D eigenvalue weighted by molar-refractivity contribution is 5.73. The van der Waals surface area contributed by atoms with Gasteiger partial charge in [0.15, 0.2) is 0 Å². The lowest BCUT2D eigenvalue weighted by molar-refractivity contribution is 0.321. The first-order chi connectivity index (χ1) is 9.33. The molecule has 1 aliphatic carbocycles. The fourth-order valence-corrected chi connectivity index (χ4v) is 2.25. The highest BCUT2D eigenvalue weighted by atomic mass is 15.2. The largest absolute Gasteiger partial charge is 0.310 e. The smallest absolute Gasteiger partial charge is 0.0890 e. The summed E-state index contributed by atoms with van der Waals surface area (Å²) in [5.41, 5.74) is 2.93. The Morgan fingerprint density at radius 1 is 1.26 bits per heavy atom. The first kappa shape index (κ1) is 12.5. The summed E-state index contributed by atoms with van der Waals surface area (Å²) in [5, 5.41) is 3.44. The van der Waals surface area contributed by atoms with Gasteiger partial charge in [0.2, 0.25) is 0 Å². The molecule has 1 N–H and O–H groups in total. The van der Waals surface area contributed by atoms with Gasteiger partial charge in [-0.3, -0.25) is 4.98 Å². The van der Waals surface area contributed by atoms with Crippen molar-refractivity contribution in [2.24, 2.45) is 0 Å². The molecule has 0 saturated heterocycles. The Labute approximate surface area is 113 Å². The van der Waals surface area contributed by atoms with Gasteiger partial charge in [0.25, 0.3) is 0 Å². The third-order valence-corrected chi connectivity index (χ3v) is 3.62. The summed E-state index contributed by atoms with van der Waals surface area (Å²) in [6.45, 7) is 2.89. The molecule has 1 heterocycles. The molecule has 1 saturated carbocycles. The van der Waals surface area contributed by atoms with Crippen LogP contribution in [-0.2, 0) is 6.54 Å². The maximum Gasteiger partial charge on any atom is 0.0890 e. The van der Waals surface area contributed by atoms with E-state index in [0.717, 1.165) is 42.4 Å². The normalized spacial score (nSPS) is 15.3. The number of hydrogen-bond donors (Lipinski definition) is 1. The van der Waals surface area contributed by atoms with Crippen LogP contribution in [0.4, 0.5) is 0 Å². The Bertz CT molecular complexity index is 551. The van der Waals surface area contributed by atoms with Crippen molar-refractivity contribution < 1.29 is 0 Å². The van der Waals surface area contributed by atoms with E-state index in [-0.39, 0.29) is 0 Å². The van der Waals surface area contributed by atoms with Gasteiger partial charge >= 0.3 is 0 Å². The Morgan fingerprint density at radius 2 is 2.05 bits per heavy atom. The number of nitrogens with zero attached hydrogens (tertiary/aromatic N) is 3. The fraction of sp³-hybridized carbons (Fsp3) is 0.467. The summed E-state index contributed by atoms with van der Waals surface area (Å²) in [6.07, 6.45) is 4.60. The molecular formula is C15H20N4. The van der Waals surface area contributed by atoms with E-state index in [0.29, 0.717) is 0 Å². The highest BCUT2D eigenvalue weighted by Crippen LogP contribution is 2.24. The molecule has 0 amide bonds. The minimum absolute atomic E-state index is 0.788. The van der Waals surface area contributed by atoms with E-state index in [9.17, 15) is 0 Å². The molecule has 100 valence electrons. The maximum absolute atomic E-state index is 4.60. The van der Waals surface area contributed by atoms with Crippen LogP contribution < -0.4 is 5.32 Å². The van der Waals surface area contributed by atoms with Gasteiger partial charge in [-0.2, -0.15) is 0 Å². The molecule has 3 rings (SSSR count). The predicted octanol–water partition coefficient (Wildman–Crippen LogP) is 1.81. The Balaban J connectivity index is 1.50. The number of para-hydroxylation sites is 2. The average Bonchev–Trinajstić information content (AvgIpc) is 3.28. The van der Waals surface area contributed by atoms with Crippen LogP contribution in [0, 0.1) is 0 Å². The van der Waals surface area contributed by atoms with Gasteiger partial charge in [-0.05, 0) is 32.0 Å². The van der Waals surface area contributed by atoms with Crippen molar-refractivity contribution in [2.45, 2.75) is 25.4 Å². The van der Waals surface area contributed by atoms with E-state index in [1.165, 1.54) is 12.8 Å². The van der Waals surface area contributed by atoms with Crippen LogP contribution >= 0.6 is 0 Å². The lowest BCUT2D eigenvalue weighted by atomic mass is 10.3. The zero-order valence-electron chi connectivity index (χ0n) is 11.3. The van der Waals surface area contributed by atoms with E-state index >= 15 is 0 Å². The van der Waals surface area contributed by atoms with E-state index in [1.807, 2.05) is 30.5 Å². The minimum Gasteiger partial charge on any atom is -0.310 e. The van der Waals surface area contributed by atoms with E-state index in [4.69, 9.17) is 0 Å². The van der Waals surface area contributed by atoms with Crippen molar-refractivity contribution in [2.75, 3.05) is 20.1 Å². The number of likely N-dealkylation sites (N-methyl/N-ethyl adjacent to an activating group) is 1. The summed E-state index contributed by atoms with van der Waals surface area (Å²) in [7, 11) is 2.20. The van der Waals surface area contributed by atoms with Gasteiger partial charge in [0.05, 0.1) is 22.9 Å². The molecule has 1 aliphatic rings. The van der Waals surface area contributed by atoms with Crippen LogP contribution in [0.25, 0.3) is 11.0 Å². The van der Waals surface area contributed by atoms with Gasteiger partial charge in [0.1, 0.15) is 0 Å². The number of benzene rings is 1. The topological polar surface area (TPSA) is 41.0 Å². The Morgan fingerprint density at radius 3 is 2.84 bits per heavy atom. The second-order valence-corrected chi connectivity index (χ2v) is 5.24. The summed E-state index contributed by atoms with van der Waals surface area (Å²) in [5.74, 6) is 0. The molecule has 0 aliphatic heterocycles. The van der Waals surface area contributed by atoms with Crippen LogP contribution in [0.5, 0.6) is 0 Å². The minimum atomic E-state index is 0.788. The SMILES string of the molecule is CN(CCNCc1cnc2ccccc2n1)C1CC1. The summed E-state index contributed by atoms with van der Waals surface area (Å²) >= 11 is 0. The van der Waals surface area contributed by atoms with Crippen LogP contribution in [0.3, 0.4) is 0 Å². The van der Waals surface area contributed by atoms with Crippen molar-refractivity contribution in [3.05, 3.63) is 36.2 Å². The van der Waals surface area contributed by atoms with Crippen LogP contribution in [-0.4, -0.2) is 41.0 Å². The van der Waals surface area contributed by atoms with Crippen molar-refractivity contribution >= 4 is 11.0 Å². The molecule has 1 aromatic carbocycles. The van der Waals surface area contributed by atoms with Crippen molar-refractivity contribution in [3.8, 4) is 0 Å². The lowest BCUT2D eigenvalue weighted by Gasteiger charge is -2.15. The first-order valence-corrected chi connectivity index (χ1v) is 6.94. The number of fused-ring (bicyclic) bond motifs is 1. The standard InChI is InChI=1S/C15H20N4/c1-19(13-6-7-13)9-8-16-10-12-11-17-14-4-2-3-5-15(14)18-12/h2-5,11,13,16H,6-10H2,1H3. The Hall–Kier alpha value is -1.52. The van der Waals surface area contributed by atoms with E-state index < -0.39 is 0 Å². The number of rotatable bonds is 6. The predicted molar refractivity (Wildman–Crippen MR) is 76.9 cm³/mol. The quantitative estimate of drug-likeness (QED) is 0.800. The van der Waals surface area contributed by atoms with Gasteiger partial charge in [0, 0.05) is 25.7 Å². The molecule has 1 fully saturated rings. The molecule has 0 radical (unpaired) electrons. The van der Waals surface area contributed by atoms with Gasteiger partial charge in [-0.15, -0.1) is 0 Å². The zero-order chi connectivity index (χ0) is 13.1. The van der Waals surface area contributed by atoms with Crippen molar-refractivity contribution in [1.29, 1.82) is 0 Å².